The van der Waals surface area contributed by atoms with Crippen LogP contribution < -0.4 is 14.8 Å². The molecule has 2 aromatic carbocycles. The molecule has 7 rings (SSSR count). The molecule has 2 heterocycles. The molecule has 2 N–H and O–H groups in total. The van der Waals surface area contributed by atoms with Gasteiger partial charge in [-0.1, -0.05) is 54.1 Å². The summed E-state index contributed by atoms with van der Waals surface area (Å²) in [6.45, 7) is 1.31. The molecule has 3 aliphatic carbocycles. The van der Waals surface area contributed by atoms with E-state index in [4.69, 9.17) is 26.1 Å². The lowest BCUT2D eigenvalue weighted by molar-refractivity contribution is -0.144. The third-order valence-corrected chi connectivity index (χ3v) is 11.8. The van der Waals surface area contributed by atoms with Crippen LogP contribution in [-0.2, 0) is 41.6 Å². The summed E-state index contributed by atoms with van der Waals surface area (Å²) in [7, 11) is 2.98. The monoisotopic (exact) mass is 761 g/mol. The van der Waals surface area contributed by atoms with Crippen molar-refractivity contribution < 1.29 is 37.3 Å². The van der Waals surface area contributed by atoms with Crippen molar-refractivity contribution in [1.82, 2.24) is 15.3 Å². The van der Waals surface area contributed by atoms with E-state index in [1.54, 1.807) is 7.11 Å². The van der Waals surface area contributed by atoms with Gasteiger partial charge in [-0.3, -0.25) is 9.59 Å². The summed E-state index contributed by atoms with van der Waals surface area (Å²) in [6, 6.07) is 17.0. The Kier molecular flexibility index (Phi) is 10.7. The molecular weight excluding hydrogens is 719 g/mol. The number of nitrogens with one attached hydrogen (secondary N) is 1. The van der Waals surface area contributed by atoms with Gasteiger partial charge in [0.2, 0.25) is 5.88 Å². The molecule has 0 saturated heterocycles. The maximum absolute atomic E-state index is 14.5. The lowest BCUT2D eigenvalue weighted by Crippen LogP contribution is -2.21. The number of halogens is 4. The fourth-order valence-electron chi connectivity index (χ4n) is 8.22. The number of ketones is 1. The average Bonchev–Trinajstić information content (AvgIpc) is 3.68. The molecule has 2 atom stereocenters. The number of pyridine rings is 2. The van der Waals surface area contributed by atoms with Crippen LogP contribution in [0.4, 0.5) is 13.2 Å². The van der Waals surface area contributed by atoms with Crippen molar-refractivity contribution in [3.63, 3.8) is 0 Å². The van der Waals surface area contributed by atoms with E-state index >= 15 is 0 Å². The van der Waals surface area contributed by atoms with Gasteiger partial charge in [0, 0.05) is 36.1 Å². The maximum Gasteiger partial charge on any atom is 0.433 e. The van der Waals surface area contributed by atoms with Gasteiger partial charge in [-0.15, -0.1) is 0 Å². The van der Waals surface area contributed by atoms with E-state index in [2.05, 4.69) is 10.3 Å². The average molecular weight is 762 g/mol. The summed E-state index contributed by atoms with van der Waals surface area (Å²) in [6.07, 6.45) is 0.254. The third-order valence-electron chi connectivity index (χ3n) is 11.4. The molecule has 0 spiro atoms. The first-order valence-electron chi connectivity index (χ1n) is 18.5. The maximum atomic E-state index is 14.5. The minimum Gasteiger partial charge on any atom is -0.495 e. The number of rotatable bonds is 14. The Labute approximate surface area is 317 Å². The highest BCUT2D eigenvalue weighted by Gasteiger charge is 2.50. The molecule has 284 valence electrons. The Balaban J connectivity index is 1.13. The molecule has 0 bridgehead atoms. The number of hydrogen-bond acceptors (Lipinski definition) is 7. The van der Waals surface area contributed by atoms with E-state index in [9.17, 15) is 27.9 Å². The van der Waals surface area contributed by atoms with Crippen molar-refractivity contribution >= 4 is 23.4 Å². The summed E-state index contributed by atoms with van der Waals surface area (Å²) >= 11 is 7.14. The number of Topliss-reactive ketones (excluding diaryl/α,β-unsaturated/α-hetero) is 1. The van der Waals surface area contributed by atoms with Gasteiger partial charge in [-0.2, -0.15) is 13.2 Å². The largest absolute Gasteiger partial charge is 0.495 e. The summed E-state index contributed by atoms with van der Waals surface area (Å²) in [4.78, 5) is 32.2. The van der Waals surface area contributed by atoms with E-state index in [1.165, 1.54) is 13.2 Å². The molecule has 2 aromatic heterocycles. The summed E-state index contributed by atoms with van der Waals surface area (Å²) < 4.78 is 54.7. The van der Waals surface area contributed by atoms with Crippen molar-refractivity contribution in [1.29, 1.82) is 0 Å². The molecule has 54 heavy (non-hydrogen) atoms. The summed E-state index contributed by atoms with van der Waals surface area (Å²) in [5.41, 5.74) is 4.37. The Bertz CT molecular complexity index is 2080. The zero-order valence-electron chi connectivity index (χ0n) is 30.3. The predicted octanol–water partition coefficient (Wildman–Crippen LogP) is 9.03. The molecule has 4 aromatic rings. The highest BCUT2D eigenvalue weighted by atomic mass is 35.5. The Hall–Kier alpha value is -4.48. The molecule has 2 fully saturated rings. The lowest BCUT2D eigenvalue weighted by atomic mass is 9.89. The third kappa shape index (κ3) is 7.71. The number of carboxylic acid groups (broad SMARTS) is 1. The van der Waals surface area contributed by atoms with E-state index < -0.39 is 23.3 Å². The van der Waals surface area contributed by atoms with Crippen LogP contribution in [0.3, 0.4) is 0 Å². The van der Waals surface area contributed by atoms with Gasteiger partial charge in [0.05, 0.1) is 36.0 Å². The van der Waals surface area contributed by atoms with Crippen LogP contribution in [0.15, 0.2) is 54.6 Å². The van der Waals surface area contributed by atoms with Crippen LogP contribution in [0.1, 0.15) is 84.5 Å². The summed E-state index contributed by atoms with van der Waals surface area (Å²) in [5, 5.41) is 13.5. The van der Waals surface area contributed by atoms with Gasteiger partial charge in [-0.05, 0) is 104 Å². The first-order chi connectivity index (χ1) is 25.9. The quantitative estimate of drug-likeness (QED) is 0.131. The van der Waals surface area contributed by atoms with Gasteiger partial charge in [0.1, 0.15) is 17.2 Å². The molecule has 8 nitrogen and oxygen atoms in total. The van der Waals surface area contributed by atoms with Crippen LogP contribution in [0.5, 0.6) is 11.6 Å². The standard InChI is InChI=1S/C42H43ClF3N3O5/c1-53-36-21-27(38(42(44,45)46)48-35(36)15-16-41(17-18-41)40(51)52)20-25-10-13-31-29(25)5-3-6-30(31)32-7-4-8-33(37(32)43)34-14-11-26(39(49-34)54-2)23-47-22-24-9-12-28(50)19-24/h3-8,11,14,21,24-25,47H,9-10,12-13,15-20,22-23H2,1-2H3,(H,51,52)/t24-,25-/m1/s1. The van der Waals surface area contributed by atoms with Gasteiger partial charge >= 0.3 is 12.1 Å². The van der Waals surface area contributed by atoms with Gasteiger partial charge in [0.25, 0.3) is 0 Å². The Morgan fingerprint density at radius 1 is 0.981 bits per heavy atom. The number of aromatic nitrogens is 2. The smallest absolute Gasteiger partial charge is 0.433 e. The SMILES string of the molecule is COc1cc(C[C@H]2CCc3c(-c4cccc(-c5ccc(CNC[C@@H]6CCC(=O)C6)c(OC)n5)c4Cl)cccc32)c(C(F)(F)F)nc1CCC1(C(=O)O)CC1. The Morgan fingerprint density at radius 3 is 2.43 bits per heavy atom. The van der Waals surface area contributed by atoms with Crippen molar-refractivity contribution in [2.75, 3.05) is 20.8 Å². The lowest BCUT2D eigenvalue weighted by Gasteiger charge is -2.20. The fourth-order valence-corrected chi connectivity index (χ4v) is 8.55. The molecule has 2 saturated carbocycles. The van der Waals surface area contributed by atoms with E-state index in [0.717, 1.165) is 46.3 Å². The number of methoxy groups -OCH3 is 2. The topological polar surface area (TPSA) is 111 Å². The molecule has 3 aliphatic rings. The highest BCUT2D eigenvalue weighted by molar-refractivity contribution is 6.36. The molecule has 0 aliphatic heterocycles. The number of fused-ring (bicyclic) bond motifs is 1. The van der Waals surface area contributed by atoms with E-state index in [-0.39, 0.29) is 42.2 Å². The molecule has 12 heteroatoms. The van der Waals surface area contributed by atoms with Crippen molar-refractivity contribution in [3.05, 3.63) is 93.3 Å². The molecular formula is C42H43ClF3N3O5. The van der Waals surface area contributed by atoms with E-state index in [0.29, 0.717) is 73.4 Å². The molecule has 0 radical (unpaired) electrons. The van der Waals surface area contributed by atoms with Crippen LogP contribution in [-0.4, -0.2) is 47.6 Å². The number of benzene rings is 2. The van der Waals surface area contributed by atoms with Gasteiger partial charge in [0.15, 0.2) is 0 Å². The number of ether oxygens (including phenoxy) is 2. The second kappa shape index (κ2) is 15.3. The first kappa shape index (κ1) is 37.8. The van der Waals surface area contributed by atoms with Gasteiger partial charge < -0.3 is 19.9 Å². The normalized spacial score (nSPS) is 18.8. The van der Waals surface area contributed by atoms with Crippen LogP contribution in [0.25, 0.3) is 22.4 Å². The number of aliphatic carboxylic acids is 1. The minimum absolute atomic E-state index is 0.0538. The van der Waals surface area contributed by atoms with Crippen LogP contribution in [0, 0.1) is 11.3 Å². The number of carbonyl (C=O) groups is 2. The van der Waals surface area contributed by atoms with E-state index in [1.807, 2.05) is 48.5 Å². The van der Waals surface area contributed by atoms with Crippen molar-refractivity contribution in [2.24, 2.45) is 11.3 Å². The number of carbonyl (C=O) groups excluding carboxylic acids is 1. The second-order valence-electron chi connectivity index (χ2n) is 14.9. The fraction of sp³-hybridized carbons (Fsp3) is 0.429. The molecule has 0 amide bonds. The van der Waals surface area contributed by atoms with Crippen molar-refractivity contribution in [2.45, 2.75) is 82.8 Å². The second-order valence-corrected chi connectivity index (χ2v) is 15.2. The highest BCUT2D eigenvalue weighted by Crippen LogP contribution is 2.50. The van der Waals surface area contributed by atoms with Crippen LogP contribution >= 0.6 is 11.6 Å². The number of hydrogen-bond donors (Lipinski definition) is 2. The van der Waals surface area contributed by atoms with Crippen LogP contribution in [0.2, 0.25) is 5.02 Å². The zero-order valence-corrected chi connectivity index (χ0v) is 31.1. The Morgan fingerprint density at radius 2 is 1.74 bits per heavy atom. The number of nitrogens with zero attached hydrogens (tertiary/aromatic N) is 2. The minimum atomic E-state index is -4.69. The zero-order chi connectivity index (χ0) is 38.2. The number of alkyl halides is 3. The van der Waals surface area contributed by atoms with Gasteiger partial charge in [-0.25, -0.2) is 9.97 Å². The van der Waals surface area contributed by atoms with Crippen molar-refractivity contribution in [3.8, 4) is 34.0 Å². The summed E-state index contributed by atoms with van der Waals surface area (Å²) in [5.74, 6) is 0.288. The molecule has 0 unspecified atom stereocenters. The first-order valence-corrected chi connectivity index (χ1v) is 18.8. The number of carboxylic acids is 1. The number of aryl methyl sites for hydroxylation is 1. The predicted molar refractivity (Wildman–Crippen MR) is 199 cm³/mol.